The predicted molar refractivity (Wildman–Crippen MR) is 117 cm³/mol. The molecule has 0 saturated heterocycles. The van der Waals surface area contributed by atoms with Crippen molar-refractivity contribution in [3.63, 3.8) is 0 Å². The first-order valence-electron chi connectivity index (χ1n) is 9.49. The summed E-state index contributed by atoms with van der Waals surface area (Å²) < 4.78 is 51.9. The third kappa shape index (κ3) is 6.20. The molecule has 14 heteroatoms. The lowest BCUT2D eigenvalue weighted by atomic mass is 9.99. The van der Waals surface area contributed by atoms with Crippen molar-refractivity contribution in [1.82, 2.24) is 35.4 Å². The van der Waals surface area contributed by atoms with Gasteiger partial charge in [0.15, 0.2) is 0 Å². The highest BCUT2D eigenvalue weighted by atomic mass is 35.5. The van der Waals surface area contributed by atoms with Crippen LogP contribution < -0.4 is 5.32 Å². The highest BCUT2D eigenvalue weighted by Crippen LogP contribution is 2.35. The van der Waals surface area contributed by atoms with Gasteiger partial charge in [-0.15, -0.1) is 10.2 Å². The van der Waals surface area contributed by atoms with E-state index in [4.69, 9.17) is 11.6 Å². The number of nitrogens with one attached hydrogen (secondary N) is 1. The van der Waals surface area contributed by atoms with E-state index in [1.807, 2.05) is 0 Å². The van der Waals surface area contributed by atoms with E-state index < -0.39 is 27.5 Å². The first-order chi connectivity index (χ1) is 15.4. The van der Waals surface area contributed by atoms with Crippen LogP contribution in [0.3, 0.4) is 0 Å². The fourth-order valence-corrected chi connectivity index (χ4v) is 3.67. The number of pyridine rings is 1. The van der Waals surface area contributed by atoms with E-state index in [1.54, 1.807) is 0 Å². The molecular formula is C19H20ClF2N7O3S. The number of carbonyl (C=O) groups is 1. The van der Waals surface area contributed by atoms with Gasteiger partial charge in [-0.3, -0.25) is 4.98 Å². The Bertz CT molecular complexity index is 1300. The van der Waals surface area contributed by atoms with Gasteiger partial charge in [0.2, 0.25) is 5.82 Å². The summed E-state index contributed by atoms with van der Waals surface area (Å²) in [5, 5.41) is 14.1. The van der Waals surface area contributed by atoms with E-state index in [9.17, 15) is 22.0 Å². The smallest absolute Gasteiger partial charge is 0.317 e. The lowest BCUT2D eigenvalue weighted by molar-refractivity contribution is 0.210. The number of aromatic nitrogens is 5. The average Bonchev–Trinajstić information content (AvgIpc) is 3.15. The van der Waals surface area contributed by atoms with Crippen molar-refractivity contribution >= 4 is 27.5 Å². The lowest BCUT2D eigenvalue weighted by Gasteiger charge is -2.17. The molecule has 0 spiro atoms. The van der Waals surface area contributed by atoms with E-state index >= 15 is 0 Å². The van der Waals surface area contributed by atoms with Gasteiger partial charge in [0.1, 0.15) is 21.5 Å². The Morgan fingerprint density at radius 3 is 2.58 bits per heavy atom. The highest BCUT2D eigenvalue weighted by Gasteiger charge is 2.20. The Morgan fingerprint density at radius 2 is 1.97 bits per heavy atom. The maximum Gasteiger partial charge on any atom is 0.317 e. The second-order valence-corrected chi connectivity index (χ2v) is 9.97. The van der Waals surface area contributed by atoms with E-state index in [0.29, 0.717) is 0 Å². The molecule has 0 aliphatic rings. The molecule has 0 unspecified atom stereocenters. The topological polar surface area (TPSA) is 123 Å². The molecule has 0 fully saturated rings. The van der Waals surface area contributed by atoms with Crippen molar-refractivity contribution in [2.45, 2.75) is 6.54 Å². The molecule has 2 heterocycles. The summed E-state index contributed by atoms with van der Waals surface area (Å²) >= 11 is 6.00. The summed E-state index contributed by atoms with van der Waals surface area (Å²) in [6.45, 7) is -0.254. The number of hydrogen-bond donors (Lipinski definition) is 1. The predicted octanol–water partition coefficient (Wildman–Crippen LogP) is 2.06. The van der Waals surface area contributed by atoms with Crippen LogP contribution in [0.1, 0.15) is 5.69 Å². The van der Waals surface area contributed by atoms with Crippen molar-refractivity contribution in [3.05, 3.63) is 46.7 Å². The van der Waals surface area contributed by atoms with Gasteiger partial charge >= 0.3 is 6.03 Å². The first kappa shape index (κ1) is 24.5. The number of carbonyl (C=O) groups excluding carboxylic acids is 1. The van der Waals surface area contributed by atoms with Crippen LogP contribution in [-0.2, 0) is 23.4 Å². The Kier molecular flexibility index (Phi) is 7.22. The summed E-state index contributed by atoms with van der Waals surface area (Å²) in [5.41, 5.74) is 0.361. The summed E-state index contributed by atoms with van der Waals surface area (Å²) in [5.74, 6) is -1.66. The zero-order valence-electron chi connectivity index (χ0n) is 17.9. The van der Waals surface area contributed by atoms with Crippen LogP contribution in [0.15, 0.2) is 24.4 Å². The third-order valence-corrected chi connectivity index (χ3v) is 5.71. The van der Waals surface area contributed by atoms with Crippen LogP contribution >= 0.6 is 11.6 Å². The molecule has 0 aliphatic heterocycles. The Labute approximate surface area is 193 Å². The van der Waals surface area contributed by atoms with Crippen LogP contribution in [0.2, 0.25) is 5.02 Å². The van der Waals surface area contributed by atoms with Crippen LogP contribution in [-0.4, -0.2) is 70.1 Å². The van der Waals surface area contributed by atoms with Gasteiger partial charge < -0.3 is 10.2 Å². The first-order valence-corrected chi connectivity index (χ1v) is 11.9. The molecule has 3 aromatic rings. The van der Waals surface area contributed by atoms with Crippen LogP contribution in [0.25, 0.3) is 22.5 Å². The molecule has 33 heavy (non-hydrogen) atoms. The second-order valence-electron chi connectivity index (χ2n) is 7.28. The average molecular weight is 500 g/mol. The number of halogens is 3. The van der Waals surface area contributed by atoms with Crippen LogP contribution in [0.4, 0.5) is 13.6 Å². The maximum atomic E-state index is 14.7. The number of hydrogen-bond acceptors (Lipinski definition) is 7. The number of tetrazole rings is 1. The number of amides is 2. The lowest BCUT2D eigenvalue weighted by Crippen LogP contribution is -2.39. The van der Waals surface area contributed by atoms with Gasteiger partial charge in [-0.05, 0) is 29.0 Å². The molecule has 0 radical (unpaired) electrons. The number of benzene rings is 1. The monoisotopic (exact) mass is 499 g/mol. The van der Waals surface area contributed by atoms with E-state index in [-0.39, 0.29) is 52.1 Å². The largest absolute Gasteiger partial charge is 0.332 e. The Morgan fingerprint density at radius 1 is 1.24 bits per heavy atom. The number of nitrogens with zero attached hydrogens (tertiary/aromatic N) is 6. The van der Waals surface area contributed by atoms with Crippen molar-refractivity contribution in [2.24, 2.45) is 7.05 Å². The van der Waals surface area contributed by atoms with Gasteiger partial charge in [0, 0.05) is 36.6 Å². The number of sulfone groups is 1. The second kappa shape index (κ2) is 9.75. The van der Waals surface area contributed by atoms with E-state index in [0.717, 1.165) is 23.2 Å². The molecule has 10 nitrogen and oxygen atoms in total. The van der Waals surface area contributed by atoms with Crippen molar-refractivity contribution in [1.29, 1.82) is 0 Å². The molecule has 176 valence electrons. The van der Waals surface area contributed by atoms with Crippen molar-refractivity contribution in [2.75, 3.05) is 25.6 Å². The quantitative estimate of drug-likeness (QED) is 0.527. The molecule has 1 N–H and O–H groups in total. The zero-order chi connectivity index (χ0) is 24.3. The van der Waals surface area contributed by atoms with Gasteiger partial charge in [-0.1, -0.05) is 11.6 Å². The Hall–Kier alpha value is -3.19. The van der Waals surface area contributed by atoms with Gasteiger partial charge in [0.25, 0.3) is 0 Å². The third-order valence-electron chi connectivity index (χ3n) is 4.57. The molecule has 0 atom stereocenters. The van der Waals surface area contributed by atoms with Crippen LogP contribution in [0.5, 0.6) is 0 Å². The normalized spacial score (nSPS) is 11.5. The standard InChI is InChI=1S/C19H20ClF2N7O3S/c1-28(4-5-33(3,31)32)19(30)24-10-16-14(21)6-11(9-23-16)13-7-12(20)8-15(22)17(13)18-25-27-29(2)26-18/h6-9H,4-5,10H2,1-3H3,(H,24,30). The maximum absolute atomic E-state index is 14.7. The summed E-state index contributed by atoms with van der Waals surface area (Å²) in [7, 11) is -0.290. The number of aryl methyl sites for hydroxylation is 1. The fraction of sp³-hybridized carbons (Fsp3) is 0.316. The highest BCUT2D eigenvalue weighted by molar-refractivity contribution is 7.90. The Balaban J connectivity index is 1.81. The zero-order valence-corrected chi connectivity index (χ0v) is 19.5. The summed E-state index contributed by atoms with van der Waals surface area (Å²) in [6.07, 6.45) is 2.38. The molecule has 2 amide bonds. The minimum absolute atomic E-state index is 0.00412. The minimum Gasteiger partial charge on any atom is -0.332 e. The van der Waals surface area contributed by atoms with E-state index in [2.05, 4.69) is 25.7 Å². The number of rotatable bonds is 7. The molecular weight excluding hydrogens is 480 g/mol. The van der Waals surface area contributed by atoms with Crippen molar-refractivity contribution < 1.29 is 22.0 Å². The van der Waals surface area contributed by atoms with Gasteiger partial charge in [0.05, 0.1) is 30.6 Å². The van der Waals surface area contributed by atoms with Crippen LogP contribution in [0, 0.1) is 11.6 Å². The van der Waals surface area contributed by atoms with Crippen molar-refractivity contribution in [3.8, 4) is 22.5 Å². The molecule has 2 aromatic heterocycles. The molecule has 3 rings (SSSR count). The molecule has 0 bridgehead atoms. The summed E-state index contributed by atoms with van der Waals surface area (Å²) in [6, 6.07) is 3.07. The minimum atomic E-state index is -3.23. The SMILES string of the molecule is CN(CCS(C)(=O)=O)C(=O)NCc1ncc(-c2cc(Cl)cc(F)c2-c2nnn(C)n2)cc1F. The fourth-order valence-electron chi connectivity index (χ4n) is 2.85. The van der Waals surface area contributed by atoms with Gasteiger partial charge in [-0.2, -0.15) is 4.80 Å². The summed E-state index contributed by atoms with van der Waals surface area (Å²) in [4.78, 5) is 18.5. The van der Waals surface area contributed by atoms with Gasteiger partial charge in [-0.25, -0.2) is 22.0 Å². The number of urea groups is 1. The molecule has 0 saturated carbocycles. The molecule has 1 aromatic carbocycles. The molecule has 0 aliphatic carbocycles. The van der Waals surface area contributed by atoms with E-state index in [1.165, 1.54) is 31.3 Å².